The number of ether oxygens (including phenoxy) is 2. The van der Waals surface area contributed by atoms with Gasteiger partial charge in [-0.15, -0.1) is 0 Å². The summed E-state index contributed by atoms with van der Waals surface area (Å²) in [7, 11) is 1.34. The highest BCUT2D eigenvalue weighted by Crippen LogP contribution is 2.57. The van der Waals surface area contributed by atoms with Crippen molar-refractivity contribution in [2.75, 3.05) is 12.4 Å². The van der Waals surface area contributed by atoms with E-state index in [1.807, 2.05) is 12.1 Å². The Morgan fingerprint density at radius 3 is 2.32 bits per heavy atom. The van der Waals surface area contributed by atoms with E-state index in [1.165, 1.54) is 34.0 Å². The Bertz CT molecular complexity index is 1430. The summed E-state index contributed by atoms with van der Waals surface area (Å²) < 4.78 is 10.4. The van der Waals surface area contributed by atoms with Crippen LogP contribution in [-0.2, 0) is 31.0 Å². The van der Waals surface area contributed by atoms with Gasteiger partial charge in [0, 0.05) is 29.4 Å². The number of anilines is 1. The minimum absolute atomic E-state index is 0.0215. The predicted octanol–water partition coefficient (Wildman–Crippen LogP) is 3.79. The molecule has 0 spiro atoms. The molecule has 1 atom stereocenters. The van der Waals surface area contributed by atoms with Crippen LogP contribution in [-0.4, -0.2) is 40.6 Å². The molecule has 1 aliphatic carbocycles. The van der Waals surface area contributed by atoms with Gasteiger partial charge in [0.15, 0.2) is 17.3 Å². The number of esters is 1. The Morgan fingerprint density at radius 2 is 1.73 bits per heavy atom. The quantitative estimate of drug-likeness (QED) is 0.232. The molecular weight excluding hydrogens is 478 g/mol. The van der Waals surface area contributed by atoms with Gasteiger partial charge in [-0.05, 0) is 51.8 Å². The van der Waals surface area contributed by atoms with Crippen LogP contribution in [0.1, 0.15) is 54.2 Å². The number of aryl methyl sites for hydroxylation is 1. The minimum atomic E-state index is -1.58. The van der Waals surface area contributed by atoms with E-state index in [-0.39, 0.29) is 51.9 Å². The Hall–Kier alpha value is -4.40. The molecule has 4 rings (SSSR count). The highest BCUT2D eigenvalue weighted by atomic mass is 16.5. The van der Waals surface area contributed by atoms with Crippen LogP contribution in [0.2, 0.25) is 0 Å². The molecule has 9 heteroatoms. The van der Waals surface area contributed by atoms with Crippen molar-refractivity contribution in [1.82, 2.24) is 0 Å². The van der Waals surface area contributed by atoms with Crippen LogP contribution in [0.4, 0.5) is 5.69 Å². The van der Waals surface area contributed by atoms with Crippen LogP contribution in [0, 0.1) is 6.92 Å². The number of Topliss-reactive ketones (excluding diaryl/α,β-unsaturated/α-hetero) is 2. The first-order valence-electron chi connectivity index (χ1n) is 11.6. The maximum Gasteiger partial charge on any atom is 0.305 e. The molecule has 2 aromatic rings. The summed E-state index contributed by atoms with van der Waals surface area (Å²) in [5.74, 6) is -2.97. The average molecular weight is 506 g/mol. The lowest BCUT2D eigenvalue weighted by Gasteiger charge is -2.29. The number of rotatable bonds is 6. The molecule has 1 unspecified atom stereocenters. The van der Waals surface area contributed by atoms with Gasteiger partial charge in [0.05, 0.1) is 18.2 Å². The van der Waals surface area contributed by atoms with Gasteiger partial charge in [-0.3, -0.25) is 19.2 Å². The highest BCUT2D eigenvalue weighted by Gasteiger charge is 2.56. The number of carbonyl (C=O) groups excluding carboxylic acids is 4. The van der Waals surface area contributed by atoms with Crippen LogP contribution in [0.3, 0.4) is 0 Å². The van der Waals surface area contributed by atoms with Crippen LogP contribution in [0.5, 0.6) is 17.2 Å². The number of ketones is 3. The van der Waals surface area contributed by atoms with Crippen LogP contribution < -0.4 is 10.1 Å². The summed E-state index contributed by atoms with van der Waals surface area (Å²) >= 11 is 0. The van der Waals surface area contributed by atoms with E-state index in [2.05, 4.69) is 10.1 Å². The van der Waals surface area contributed by atoms with Crippen molar-refractivity contribution in [2.24, 2.45) is 0 Å². The number of hydrogen-bond donors (Lipinski definition) is 3. The number of carbonyl (C=O) groups is 4. The van der Waals surface area contributed by atoms with Crippen molar-refractivity contribution in [3.05, 3.63) is 69.6 Å². The highest BCUT2D eigenvalue weighted by molar-refractivity contribution is 6.31. The fourth-order valence-electron chi connectivity index (χ4n) is 4.74. The van der Waals surface area contributed by atoms with Crippen LogP contribution >= 0.6 is 0 Å². The summed E-state index contributed by atoms with van der Waals surface area (Å²) in [6, 6.07) is 7.18. The van der Waals surface area contributed by atoms with E-state index < -0.39 is 28.5 Å². The molecule has 192 valence electrons. The zero-order valence-corrected chi connectivity index (χ0v) is 21.1. The molecule has 0 amide bonds. The maximum atomic E-state index is 13.9. The summed E-state index contributed by atoms with van der Waals surface area (Å²) in [6.07, 6.45) is 1.94. The van der Waals surface area contributed by atoms with Gasteiger partial charge in [0.25, 0.3) is 0 Å². The van der Waals surface area contributed by atoms with E-state index in [9.17, 15) is 29.4 Å². The maximum absolute atomic E-state index is 13.9. The number of phenols is 2. The minimum Gasteiger partial charge on any atom is -0.507 e. The average Bonchev–Trinajstić information content (AvgIpc) is 3.14. The summed E-state index contributed by atoms with van der Waals surface area (Å²) in [5.41, 5.74) is 0.0563. The van der Waals surface area contributed by atoms with Crippen molar-refractivity contribution < 1.29 is 38.9 Å². The third-order valence-corrected chi connectivity index (χ3v) is 6.89. The Morgan fingerprint density at radius 1 is 1.08 bits per heavy atom. The van der Waals surface area contributed by atoms with Crippen molar-refractivity contribution in [3.63, 3.8) is 0 Å². The van der Waals surface area contributed by atoms with Gasteiger partial charge in [-0.25, -0.2) is 0 Å². The zero-order chi connectivity index (χ0) is 27.2. The van der Waals surface area contributed by atoms with Gasteiger partial charge in [0.2, 0.25) is 0 Å². The molecule has 1 aliphatic heterocycles. The van der Waals surface area contributed by atoms with Crippen molar-refractivity contribution in [3.8, 4) is 17.2 Å². The number of phenolic OH excluding ortho intramolecular Hbond substituents is 2. The Balaban J connectivity index is 1.72. The number of fused-ring (bicyclic) bond motifs is 3. The Labute approximate surface area is 213 Å². The van der Waals surface area contributed by atoms with Crippen molar-refractivity contribution in [1.29, 1.82) is 0 Å². The first-order valence-corrected chi connectivity index (χ1v) is 11.6. The lowest BCUT2D eigenvalue weighted by Crippen LogP contribution is -2.40. The summed E-state index contributed by atoms with van der Waals surface area (Å²) in [4.78, 5) is 50.6. The van der Waals surface area contributed by atoms with Gasteiger partial charge in [-0.1, -0.05) is 12.1 Å². The topological polar surface area (TPSA) is 139 Å². The van der Waals surface area contributed by atoms with E-state index in [1.54, 1.807) is 19.1 Å². The molecule has 0 fully saturated rings. The fraction of sp³-hybridized carbons (Fsp3) is 0.286. The second kappa shape index (κ2) is 9.24. The molecule has 2 aliphatic rings. The van der Waals surface area contributed by atoms with E-state index >= 15 is 0 Å². The van der Waals surface area contributed by atoms with Gasteiger partial charge < -0.3 is 25.0 Å². The second-order valence-corrected chi connectivity index (χ2v) is 9.28. The van der Waals surface area contributed by atoms with Crippen LogP contribution in [0.25, 0.3) is 0 Å². The van der Waals surface area contributed by atoms with Crippen molar-refractivity contribution in [2.45, 2.75) is 46.0 Å². The summed E-state index contributed by atoms with van der Waals surface area (Å²) in [6.45, 7) is 5.78. The first kappa shape index (κ1) is 25.7. The smallest absolute Gasteiger partial charge is 0.305 e. The molecule has 2 aromatic carbocycles. The number of aromatic hydroxyl groups is 2. The molecule has 37 heavy (non-hydrogen) atoms. The van der Waals surface area contributed by atoms with Crippen molar-refractivity contribution >= 4 is 29.0 Å². The standard InChI is InChI=1S/C28H27NO8/c1-13-24(33)22(15(3)30)26-23(25(13)34)28(4)19(37-26)12-18(31)21(27(28)35)14(2)29-17-9-6-16(7-10-17)8-11-20(32)36-5/h6-7,9-10,12,29,33-34H,8,11H2,1-5H3. The number of allylic oxidation sites excluding steroid dienone is 4. The number of benzene rings is 2. The summed E-state index contributed by atoms with van der Waals surface area (Å²) in [5, 5.41) is 24.4. The SMILES string of the molecule is COC(=O)CCc1ccc(NC(C)=C2C(=O)C=C3Oc4c(C(C)=O)c(O)c(C)c(O)c4C3(C)C2=O)cc1. The van der Waals surface area contributed by atoms with Gasteiger partial charge >= 0.3 is 5.97 Å². The zero-order valence-electron chi connectivity index (χ0n) is 21.1. The fourth-order valence-corrected chi connectivity index (χ4v) is 4.74. The van der Waals surface area contributed by atoms with E-state index in [0.717, 1.165) is 5.56 Å². The second-order valence-electron chi connectivity index (χ2n) is 9.28. The number of nitrogens with one attached hydrogen (secondary N) is 1. The number of hydrogen-bond acceptors (Lipinski definition) is 9. The first-order chi connectivity index (χ1) is 17.4. The van der Waals surface area contributed by atoms with E-state index in [4.69, 9.17) is 4.74 Å². The van der Waals surface area contributed by atoms with Gasteiger partial charge in [-0.2, -0.15) is 0 Å². The largest absolute Gasteiger partial charge is 0.507 e. The lowest BCUT2D eigenvalue weighted by atomic mass is 9.70. The Kier molecular flexibility index (Phi) is 6.41. The van der Waals surface area contributed by atoms with Gasteiger partial charge in [0.1, 0.15) is 34.0 Å². The number of methoxy groups -OCH3 is 1. The molecule has 0 saturated heterocycles. The predicted molar refractivity (Wildman–Crippen MR) is 134 cm³/mol. The molecule has 1 heterocycles. The normalized spacial score (nSPS) is 19.4. The molecule has 0 saturated carbocycles. The van der Waals surface area contributed by atoms with Crippen LogP contribution in [0.15, 0.2) is 47.4 Å². The monoisotopic (exact) mass is 505 g/mol. The molecule has 0 bridgehead atoms. The lowest BCUT2D eigenvalue weighted by molar-refractivity contribution is -0.140. The molecule has 3 N–H and O–H groups in total. The molecule has 9 nitrogen and oxygen atoms in total. The molecule has 0 aromatic heterocycles. The van der Waals surface area contributed by atoms with E-state index in [0.29, 0.717) is 17.8 Å². The third kappa shape index (κ3) is 4.06. The molecular formula is C28H27NO8. The third-order valence-electron chi connectivity index (χ3n) is 6.89. The molecule has 0 radical (unpaired) electrons.